The first kappa shape index (κ1) is 14.0. The summed E-state index contributed by atoms with van der Waals surface area (Å²) < 4.78 is 5.88. The molecule has 2 rings (SSSR count). The van der Waals surface area contributed by atoms with E-state index >= 15 is 0 Å². The molecule has 1 aromatic carbocycles. The van der Waals surface area contributed by atoms with Crippen molar-refractivity contribution in [3.05, 3.63) is 22.2 Å². The molecule has 1 heterocycles. The molecule has 5 nitrogen and oxygen atoms in total. The standard InChI is InChI=1S/C13H15BrN2O3/c1-3-16(4-5-19-2)11-7-10-8(6-9(11)14)12(17)13(18)15-10/h6-7H,3-5H2,1-2H3,(H,15,17,18). The van der Waals surface area contributed by atoms with Gasteiger partial charge in [0.05, 0.1) is 23.5 Å². The zero-order valence-electron chi connectivity index (χ0n) is 10.8. The number of rotatable bonds is 5. The molecule has 6 heteroatoms. The molecular weight excluding hydrogens is 312 g/mol. The summed E-state index contributed by atoms with van der Waals surface area (Å²) in [5, 5.41) is 2.58. The molecule has 102 valence electrons. The molecule has 19 heavy (non-hydrogen) atoms. The first-order chi connectivity index (χ1) is 9.08. The Labute approximate surface area is 120 Å². The van der Waals surface area contributed by atoms with E-state index in [1.54, 1.807) is 13.2 Å². The van der Waals surface area contributed by atoms with Crippen LogP contribution >= 0.6 is 15.9 Å². The van der Waals surface area contributed by atoms with Crippen molar-refractivity contribution < 1.29 is 14.3 Å². The van der Waals surface area contributed by atoms with Gasteiger partial charge in [-0.25, -0.2) is 0 Å². The number of carbonyl (C=O) groups is 2. The van der Waals surface area contributed by atoms with Crippen molar-refractivity contribution in [3.63, 3.8) is 0 Å². The number of fused-ring (bicyclic) bond motifs is 1. The van der Waals surface area contributed by atoms with Crippen LogP contribution in [0.4, 0.5) is 11.4 Å². The van der Waals surface area contributed by atoms with E-state index in [2.05, 4.69) is 26.1 Å². The van der Waals surface area contributed by atoms with Gasteiger partial charge in [-0.2, -0.15) is 0 Å². The number of hydrogen-bond acceptors (Lipinski definition) is 4. The molecule has 0 spiro atoms. The second kappa shape index (κ2) is 5.71. The van der Waals surface area contributed by atoms with Crippen molar-refractivity contribution in [2.75, 3.05) is 37.0 Å². The lowest BCUT2D eigenvalue weighted by molar-refractivity contribution is -0.112. The van der Waals surface area contributed by atoms with Crippen LogP contribution in [0.1, 0.15) is 17.3 Å². The summed E-state index contributed by atoms with van der Waals surface area (Å²) in [6, 6.07) is 3.52. The van der Waals surface area contributed by atoms with Gasteiger partial charge in [0, 0.05) is 24.7 Å². The van der Waals surface area contributed by atoms with Gasteiger partial charge in [0.1, 0.15) is 0 Å². The van der Waals surface area contributed by atoms with Crippen molar-refractivity contribution in [2.45, 2.75) is 6.92 Å². The van der Waals surface area contributed by atoms with E-state index in [4.69, 9.17) is 4.74 Å². The third-order valence-electron chi connectivity index (χ3n) is 3.07. The van der Waals surface area contributed by atoms with Crippen molar-refractivity contribution in [2.24, 2.45) is 0 Å². The van der Waals surface area contributed by atoms with E-state index in [1.807, 2.05) is 13.0 Å². The van der Waals surface area contributed by atoms with Gasteiger partial charge in [0.15, 0.2) is 0 Å². The molecule has 0 unspecified atom stereocenters. The van der Waals surface area contributed by atoms with Gasteiger partial charge >= 0.3 is 0 Å². The highest BCUT2D eigenvalue weighted by atomic mass is 79.9. The molecule has 0 radical (unpaired) electrons. The predicted molar refractivity (Wildman–Crippen MR) is 76.9 cm³/mol. The largest absolute Gasteiger partial charge is 0.383 e. The van der Waals surface area contributed by atoms with Crippen LogP contribution in [0.15, 0.2) is 16.6 Å². The number of benzene rings is 1. The molecule has 1 aromatic rings. The van der Waals surface area contributed by atoms with Crippen LogP contribution in [0.2, 0.25) is 0 Å². The molecule has 1 aliphatic heterocycles. The quantitative estimate of drug-likeness (QED) is 0.841. The van der Waals surface area contributed by atoms with Crippen molar-refractivity contribution >= 4 is 39.0 Å². The molecule has 1 amide bonds. The molecule has 1 N–H and O–H groups in total. The van der Waals surface area contributed by atoms with Gasteiger partial charge in [-0.15, -0.1) is 0 Å². The topological polar surface area (TPSA) is 58.6 Å². The van der Waals surface area contributed by atoms with E-state index < -0.39 is 11.7 Å². The zero-order valence-corrected chi connectivity index (χ0v) is 12.4. The lowest BCUT2D eigenvalue weighted by Gasteiger charge is -2.24. The second-order valence-corrected chi connectivity index (χ2v) is 5.06. The molecule has 0 fully saturated rings. The number of carbonyl (C=O) groups excluding carboxylic acids is 2. The summed E-state index contributed by atoms with van der Waals surface area (Å²) >= 11 is 3.46. The number of amides is 1. The fourth-order valence-electron chi connectivity index (χ4n) is 2.05. The Balaban J connectivity index is 2.35. The first-order valence-corrected chi connectivity index (χ1v) is 6.81. The molecule has 0 bridgehead atoms. The highest BCUT2D eigenvalue weighted by Gasteiger charge is 2.29. The van der Waals surface area contributed by atoms with Gasteiger partial charge < -0.3 is 15.0 Å². The second-order valence-electron chi connectivity index (χ2n) is 4.20. The number of nitrogens with one attached hydrogen (secondary N) is 1. The molecule has 0 saturated carbocycles. The van der Waals surface area contributed by atoms with E-state index in [0.717, 1.165) is 23.2 Å². The molecule has 1 aliphatic rings. The molecule has 0 aromatic heterocycles. The zero-order chi connectivity index (χ0) is 14.0. The van der Waals surface area contributed by atoms with Crippen molar-refractivity contribution in [1.29, 1.82) is 0 Å². The maximum absolute atomic E-state index is 11.6. The Morgan fingerprint density at radius 2 is 2.11 bits per heavy atom. The summed E-state index contributed by atoms with van der Waals surface area (Å²) in [7, 11) is 1.66. The highest BCUT2D eigenvalue weighted by molar-refractivity contribution is 9.10. The number of ether oxygens (including phenoxy) is 1. The van der Waals surface area contributed by atoms with E-state index in [9.17, 15) is 9.59 Å². The minimum absolute atomic E-state index is 0.420. The van der Waals surface area contributed by atoms with Crippen LogP contribution in [-0.4, -0.2) is 38.5 Å². The summed E-state index contributed by atoms with van der Waals surface area (Å²) in [6.45, 7) is 4.20. The van der Waals surface area contributed by atoms with Crippen LogP contribution in [0.25, 0.3) is 0 Å². The van der Waals surface area contributed by atoms with E-state index in [-0.39, 0.29) is 0 Å². The monoisotopic (exact) mass is 326 g/mol. The average molecular weight is 327 g/mol. The van der Waals surface area contributed by atoms with Crippen molar-refractivity contribution in [1.82, 2.24) is 0 Å². The van der Waals surface area contributed by atoms with Gasteiger partial charge in [-0.3, -0.25) is 9.59 Å². The smallest absolute Gasteiger partial charge is 0.296 e. The van der Waals surface area contributed by atoms with E-state index in [0.29, 0.717) is 17.9 Å². The minimum Gasteiger partial charge on any atom is -0.383 e. The lowest BCUT2D eigenvalue weighted by Crippen LogP contribution is -2.27. The molecule has 0 saturated heterocycles. The highest BCUT2D eigenvalue weighted by Crippen LogP contribution is 2.35. The summed E-state index contributed by atoms with van der Waals surface area (Å²) in [4.78, 5) is 25.1. The Morgan fingerprint density at radius 3 is 2.74 bits per heavy atom. The van der Waals surface area contributed by atoms with Gasteiger partial charge in [0.2, 0.25) is 0 Å². The van der Waals surface area contributed by atoms with Crippen LogP contribution in [0, 0.1) is 0 Å². The summed E-state index contributed by atoms with van der Waals surface area (Å²) in [5.74, 6) is -1.05. The molecular formula is C13H15BrN2O3. The first-order valence-electron chi connectivity index (χ1n) is 6.01. The van der Waals surface area contributed by atoms with Gasteiger partial charge in [0.25, 0.3) is 11.7 Å². The number of likely N-dealkylation sites (N-methyl/N-ethyl adjacent to an activating group) is 1. The lowest BCUT2D eigenvalue weighted by atomic mass is 10.1. The third kappa shape index (κ3) is 2.64. The Hall–Kier alpha value is -1.40. The van der Waals surface area contributed by atoms with Crippen molar-refractivity contribution in [3.8, 4) is 0 Å². The number of halogens is 1. The van der Waals surface area contributed by atoms with Crippen LogP contribution in [-0.2, 0) is 9.53 Å². The number of ketones is 1. The Morgan fingerprint density at radius 1 is 1.37 bits per heavy atom. The van der Waals surface area contributed by atoms with Crippen LogP contribution in [0.5, 0.6) is 0 Å². The summed E-state index contributed by atoms with van der Waals surface area (Å²) in [5.41, 5.74) is 1.93. The van der Waals surface area contributed by atoms with Gasteiger partial charge in [-0.1, -0.05) is 0 Å². The number of nitrogens with zero attached hydrogens (tertiary/aromatic N) is 1. The Bertz CT molecular complexity index is 531. The van der Waals surface area contributed by atoms with Crippen LogP contribution in [0.3, 0.4) is 0 Å². The number of anilines is 2. The van der Waals surface area contributed by atoms with E-state index in [1.165, 1.54) is 0 Å². The maximum Gasteiger partial charge on any atom is 0.296 e. The molecule has 0 atom stereocenters. The van der Waals surface area contributed by atoms with Crippen LogP contribution < -0.4 is 10.2 Å². The number of methoxy groups -OCH3 is 1. The average Bonchev–Trinajstić information content (AvgIpc) is 2.66. The fraction of sp³-hybridized carbons (Fsp3) is 0.385. The van der Waals surface area contributed by atoms with Gasteiger partial charge in [-0.05, 0) is 35.0 Å². The molecule has 0 aliphatic carbocycles. The number of Topliss-reactive ketones (excluding diaryl/α,β-unsaturated/α-hetero) is 1. The Kier molecular flexibility index (Phi) is 4.21. The summed E-state index contributed by atoms with van der Waals surface area (Å²) in [6.07, 6.45) is 0. The minimum atomic E-state index is -0.570. The fourth-order valence-corrected chi connectivity index (χ4v) is 2.64. The predicted octanol–water partition coefficient (Wildman–Crippen LogP) is 2.06. The number of hydrogen-bond donors (Lipinski definition) is 1. The SMILES string of the molecule is CCN(CCOC)c1cc2c(cc1Br)C(=O)C(=O)N2. The third-order valence-corrected chi connectivity index (χ3v) is 3.71. The maximum atomic E-state index is 11.6. The normalized spacial score (nSPS) is 13.4.